The number of amides is 1. The average Bonchev–Trinajstić information content (AvgIpc) is 3.25. The van der Waals surface area contributed by atoms with Gasteiger partial charge in [0.15, 0.2) is 5.58 Å². The lowest BCUT2D eigenvalue weighted by molar-refractivity contribution is 0.102. The second-order valence-electron chi connectivity index (χ2n) is 7.08. The Morgan fingerprint density at radius 3 is 2.29 bits per heavy atom. The summed E-state index contributed by atoms with van der Waals surface area (Å²) in [6, 6.07) is 30.3. The molecular formula is C26H17ClN2O2. The largest absolute Gasteiger partial charge is 0.436 e. The van der Waals surface area contributed by atoms with Gasteiger partial charge >= 0.3 is 0 Å². The fourth-order valence-corrected chi connectivity index (χ4v) is 3.60. The summed E-state index contributed by atoms with van der Waals surface area (Å²) in [6.07, 6.45) is 0. The SMILES string of the molecule is O=C(Nc1ccc(Cl)c(-c2nc3ccccc3o2)c1)c1ccc(-c2ccccc2)cc1. The van der Waals surface area contributed by atoms with Crippen molar-refractivity contribution in [1.82, 2.24) is 4.98 Å². The predicted octanol–water partition coefficient (Wildman–Crippen LogP) is 7.07. The van der Waals surface area contributed by atoms with Crippen LogP contribution in [0.15, 0.2) is 101 Å². The molecule has 1 amide bonds. The van der Waals surface area contributed by atoms with Crippen LogP contribution in [0.5, 0.6) is 0 Å². The van der Waals surface area contributed by atoms with E-state index >= 15 is 0 Å². The first-order valence-electron chi connectivity index (χ1n) is 9.80. The Balaban J connectivity index is 1.38. The molecule has 4 aromatic carbocycles. The van der Waals surface area contributed by atoms with Crippen molar-refractivity contribution in [3.63, 3.8) is 0 Å². The molecule has 5 aromatic rings. The molecule has 0 unspecified atom stereocenters. The maximum atomic E-state index is 12.8. The molecule has 0 aliphatic rings. The quantitative estimate of drug-likeness (QED) is 0.335. The number of fused-ring (bicyclic) bond motifs is 1. The van der Waals surface area contributed by atoms with Crippen molar-refractivity contribution >= 4 is 34.3 Å². The lowest BCUT2D eigenvalue weighted by Crippen LogP contribution is -2.11. The zero-order valence-electron chi connectivity index (χ0n) is 16.4. The van der Waals surface area contributed by atoms with E-state index in [9.17, 15) is 4.79 Å². The molecular weight excluding hydrogens is 408 g/mol. The minimum absolute atomic E-state index is 0.203. The Labute approximate surface area is 184 Å². The van der Waals surface area contributed by atoms with Crippen LogP contribution < -0.4 is 5.32 Å². The normalized spacial score (nSPS) is 10.9. The number of carbonyl (C=O) groups excluding carboxylic acids is 1. The molecule has 0 saturated heterocycles. The molecule has 31 heavy (non-hydrogen) atoms. The molecule has 0 aliphatic carbocycles. The maximum absolute atomic E-state index is 12.8. The predicted molar refractivity (Wildman–Crippen MR) is 124 cm³/mol. The summed E-state index contributed by atoms with van der Waals surface area (Å²) in [5, 5.41) is 3.42. The summed E-state index contributed by atoms with van der Waals surface area (Å²) in [7, 11) is 0. The second kappa shape index (κ2) is 8.09. The zero-order valence-corrected chi connectivity index (χ0v) is 17.1. The summed E-state index contributed by atoms with van der Waals surface area (Å²) in [6.45, 7) is 0. The molecule has 0 bridgehead atoms. The Hall–Kier alpha value is -3.89. The molecule has 0 spiro atoms. The van der Waals surface area contributed by atoms with E-state index in [-0.39, 0.29) is 5.91 Å². The first-order valence-corrected chi connectivity index (χ1v) is 10.2. The summed E-state index contributed by atoms with van der Waals surface area (Å²) in [5.74, 6) is 0.208. The van der Waals surface area contributed by atoms with Gasteiger partial charge in [-0.15, -0.1) is 0 Å². The number of anilines is 1. The monoisotopic (exact) mass is 424 g/mol. The van der Waals surface area contributed by atoms with Gasteiger partial charge in [-0.05, 0) is 53.6 Å². The molecule has 0 fully saturated rings. The van der Waals surface area contributed by atoms with E-state index in [0.717, 1.165) is 16.6 Å². The molecule has 0 aliphatic heterocycles. The van der Waals surface area contributed by atoms with E-state index in [1.807, 2.05) is 78.9 Å². The number of rotatable bonds is 4. The van der Waals surface area contributed by atoms with Crippen LogP contribution in [0.2, 0.25) is 5.02 Å². The van der Waals surface area contributed by atoms with Crippen LogP contribution in [0, 0.1) is 0 Å². The van der Waals surface area contributed by atoms with Crippen molar-refractivity contribution in [2.75, 3.05) is 5.32 Å². The van der Waals surface area contributed by atoms with Crippen molar-refractivity contribution in [3.8, 4) is 22.6 Å². The highest BCUT2D eigenvalue weighted by Crippen LogP contribution is 2.32. The molecule has 5 heteroatoms. The van der Waals surface area contributed by atoms with E-state index < -0.39 is 0 Å². The van der Waals surface area contributed by atoms with Crippen LogP contribution in [-0.2, 0) is 0 Å². The fraction of sp³-hybridized carbons (Fsp3) is 0. The number of nitrogens with zero attached hydrogens (tertiary/aromatic N) is 1. The molecule has 0 radical (unpaired) electrons. The molecule has 1 N–H and O–H groups in total. The lowest BCUT2D eigenvalue weighted by atomic mass is 10.0. The summed E-state index contributed by atoms with van der Waals surface area (Å²) in [4.78, 5) is 17.2. The number of benzene rings is 4. The number of aromatic nitrogens is 1. The van der Waals surface area contributed by atoms with Gasteiger partial charge in [-0.2, -0.15) is 0 Å². The summed E-state index contributed by atoms with van der Waals surface area (Å²) >= 11 is 6.37. The number of carbonyl (C=O) groups is 1. The van der Waals surface area contributed by atoms with E-state index in [2.05, 4.69) is 10.3 Å². The molecule has 0 atom stereocenters. The highest BCUT2D eigenvalue weighted by molar-refractivity contribution is 6.33. The van der Waals surface area contributed by atoms with Crippen molar-refractivity contribution in [2.45, 2.75) is 0 Å². The van der Waals surface area contributed by atoms with Gasteiger partial charge in [0.1, 0.15) is 5.52 Å². The first-order chi connectivity index (χ1) is 15.2. The highest BCUT2D eigenvalue weighted by atomic mass is 35.5. The Morgan fingerprint density at radius 2 is 1.52 bits per heavy atom. The first kappa shape index (κ1) is 19.1. The zero-order chi connectivity index (χ0) is 21.2. The number of para-hydroxylation sites is 2. The topological polar surface area (TPSA) is 55.1 Å². The smallest absolute Gasteiger partial charge is 0.255 e. The van der Waals surface area contributed by atoms with E-state index in [0.29, 0.717) is 33.3 Å². The summed E-state index contributed by atoms with van der Waals surface area (Å²) in [5.41, 5.74) is 5.40. The van der Waals surface area contributed by atoms with Gasteiger partial charge in [-0.3, -0.25) is 4.79 Å². The minimum atomic E-state index is -0.203. The van der Waals surface area contributed by atoms with Crippen molar-refractivity contribution in [2.24, 2.45) is 0 Å². The Morgan fingerprint density at radius 1 is 0.806 bits per heavy atom. The van der Waals surface area contributed by atoms with Gasteiger partial charge in [0, 0.05) is 11.3 Å². The number of hydrogen-bond acceptors (Lipinski definition) is 3. The third-order valence-electron chi connectivity index (χ3n) is 5.00. The molecule has 4 nitrogen and oxygen atoms in total. The van der Waals surface area contributed by atoms with Crippen molar-refractivity contribution < 1.29 is 9.21 Å². The minimum Gasteiger partial charge on any atom is -0.436 e. The molecule has 150 valence electrons. The number of oxazole rings is 1. The van der Waals surface area contributed by atoms with E-state index in [1.54, 1.807) is 18.2 Å². The van der Waals surface area contributed by atoms with Gasteiger partial charge in [0.25, 0.3) is 5.91 Å². The van der Waals surface area contributed by atoms with E-state index in [1.165, 1.54) is 0 Å². The van der Waals surface area contributed by atoms with Crippen molar-refractivity contribution in [3.05, 3.63) is 108 Å². The van der Waals surface area contributed by atoms with Gasteiger partial charge in [0.2, 0.25) is 5.89 Å². The van der Waals surface area contributed by atoms with Gasteiger partial charge in [0.05, 0.1) is 10.6 Å². The Bertz CT molecular complexity index is 1340. The standard InChI is InChI=1S/C26H17ClN2O2/c27-22-15-14-20(16-21(22)26-29-23-8-4-5-9-24(23)31-26)28-25(30)19-12-10-18(11-13-19)17-6-2-1-3-7-17/h1-16H,(H,28,30). The van der Waals surface area contributed by atoms with Crippen LogP contribution in [0.3, 0.4) is 0 Å². The molecule has 5 rings (SSSR count). The van der Waals surface area contributed by atoms with Gasteiger partial charge < -0.3 is 9.73 Å². The number of hydrogen-bond donors (Lipinski definition) is 1. The third kappa shape index (κ3) is 3.93. The van der Waals surface area contributed by atoms with Crippen LogP contribution in [0.4, 0.5) is 5.69 Å². The Kier molecular flexibility index (Phi) is 4.98. The number of halogens is 1. The summed E-state index contributed by atoms with van der Waals surface area (Å²) < 4.78 is 5.83. The van der Waals surface area contributed by atoms with Crippen molar-refractivity contribution in [1.29, 1.82) is 0 Å². The highest BCUT2D eigenvalue weighted by Gasteiger charge is 2.14. The third-order valence-corrected chi connectivity index (χ3v) is 5.33. The molecule has 1 aromatic heterocycles. The number of nitrogens with one attached hydrogen (secondary N) is 1. The molecule has 0 saturated carbocycles. The fourth-order valence-electron chi connectivity index (χ4n) is 3.40. The lowest BCUT2D eigenvalue weighted by Gasteiger charge is -2.08. The van der Waals surface area contributed by atoms with Gasteiger partial charge in [-0.25, -0.2) is 4.98 Å². The molecule has 1 heterocycles. The van der Waals surface area contributed by atoms with Crippen LogP contribution in [0.25, 0.3) is 33.7 Å². The van der Waals surface area contributed by atoms with E-state index in [4.69, 9.17) is 16.0 Å². The average molecular weight is 425 g/mol. The van der Waals surface area contributed by atoms with Crippen LogP contribution in [-0.4, -0.2) is 10.9 Å². The van der Waals surface area contributed by atoms with Crippen LogP contribution in [0.1, 0.15) is 10.4 Å². The maximum Gasteiger partial charge on any atom is 0.255 e. The van der Waals surface area contributed by atoms with Gasteiger partial charge in [-0.1, -0.05) is 66.2 Å². The van der Waals surface area contributed by atoms with Crippen LogP contribution >= 0.6 is 11.6 Å². The second-order valence-corrected chi connectivity index (χ2v) is 7.49.